The lowest BCUT2D eigenvalue weighted by Gasteiger charge is -2.15. The van der Waals surface area contributed by atoms with E-state index in [1.807, 2.05) is 0 Å². The fraction of sp³-hybridized carbons (Fsp3) is 0.105. The van der Waals surface area contributed by atoms with E-state index in [-0.39, 0.29) is 4.91 Å². The lowest BCUT2D eigenvalue weighted by molar-refractivity contribution is -0.139. The molecule has 0 aliphatic carbocycles. The van der Waals surface area contributed by atoms with Gasteiger partial charge in [-0.2, -0.15) is 0 Å². The number of rotatable bonds is 6. The third-order valence-electron chi connectivity index (χ3n) is 3.66. The lowest BCUT2D eigenvalue weighted by atomic mass is 10.2. The third-order valence-corrected chi connectivity index (χ3v) is 4.53. The molecular formula is C19H15NO6S. The Hall–Kier alpha value is -3.26. The van der Waals surface area contributed by atoms with Crippen LogP contribution in [0.25, 0.3) is 6.08 Å². The summed E-state index contributed by atoms with van der Waals surface area (Å²) in [5.74, 6) is -0.664. The van der Waals surface area contributed by atoms with Gasteiger partial charge < -0.3 is 14.6 Å². The second-order valence-electron chi connectivity index (χ2n) is 5.44. The number of hydrogen-bond acceptors (Lipinski definition) is 6. The molecule has 138 valence electrons. The molecule has 0 saturated carbocycles. The smallest absolute Gasteiger partial charge is 0.341 e. The van der Waals surface area contributed by atoms with Crippen molar-refractivity contribution < 1.29 is 29.0 Å². The fourth-order valence-electron chi connectivity index (χ4n) is 2.45. The summed E-state index contributed by atoms with van der Waals surface area (Å²) >= 11 is 0.843. The maximum absolute atomic E-state index is 12.7. The minimum Gasteiger partial charge on any atom is -0.495 e. The normalized spacial score (nSPS) is 15.3. The highest BCUT2D eigenvalue weighted by Gasteiger charge is 2.37. The Balaban J connectivity index is 1.81. The largest absolute Gasteiger partial charge is 0.495 e. The van der Waals surface area contributed by atoms with Crippen LogP contribution in [0.3, 0.4) is 0 Å². The van der Waals surface area contributed by atoms with Crippen molar-refractivity contribution in [2.45, 2.75) is 0 Å². The van der Waals surface area contributed by atoms with Gasteiger partial charge in [-0.25, -0.2) is 9.69 Å². The van der Waals surface area contributed by atoms with Gasteiger partial charge in [0.15, 0.2) is 6.61 Å². The fourth-order valence-corrected chi connectivity index (χ4v) is 3.28. The van der Waals surface area contributed by atoms with E-state index in [1.165, 1.54) is 7.11 Å². The highest BCUT2D eigenvalue weighted by molar-refractivity contribution is 8.19. The first-order valence-corrected chi connectivity index (χ1v) is 8.67. The predicted octanol–water partition coefficient (Wildman–Crippen LogP) is 3.40. The van der Waals surface area contributed by atoms with Crippen LogP contribution >= 0.6 is 11.8 Å². The molecule has 2 aromatic rings. The molecule has 8 heteroatoms. The van der Waals surface area contributed by atoms with Crippen molar-refractivity contribution in [2.75, 3.05) is 18.6 Å². The van der Waals surface area contributed by atoms with E-state index in [2.05, 4.69) is 0 Å². The number of carboxylic acids is 1. The summed E-state index contributed by atoms with van der Waals surface area (Å²) in [6.45, 7) is -0.433. The molecule has 0 aromatic heterocycles. The van der Waals surface area contributed by atoms with Crippen LogP contribution < -0.4 is 14.4 Å². The molecule has 0 unspecified atom stereocenters. The van der Waals surface area contributed by atoms with Crippen molar-refractivity contribution in [2.24, 2.45) is 0 Å². The summed E-state index contributed by atoms with van der Waals surface area (Å²) in [5, 5.41) is 8.20. The monoisotopic (exact) mass is 385 g/mol. The Bertz CT molecular complexity index is 922. The number of ether oxygens (including phenoxy) is 2. The van der Waals surface area contributed by atoms with E-state index in [0.29, 0.717) is 22.7 Å². The second kappa shape index (κ2) is 7.96. The zero-order chi connectivity index (χ0) is 19.4. The molecule has 1 aliphatic heterocycles. The number of aliphatic carboxylic acids is 1. The van der Waals surface area contributed by atoms with Gasteiger partial charge in [0.2, 0.25) is 0 Å². The average molecular weight is 385 g/mol. The highest BCUT2D eigenvalue weighted by Crippen LogP contribution is 2.39. The summed E-state index contributed by atoms with van der Waals surface area (Å²) in [4.78, 5) is 36.9. The predicted molar refractivity (Wildman–Crippen MR) is 101 cm³/mol. The summed E-state index contributed by atoms with van der Waals surface area (Å²) in [6.07, 6.45) is 1.60. The number of carbonyl (C=O) groups excluding carboxylic acids is 2. The first-order chi connectivity index (χ1) is 13.0. The van der Waals surface area contributed by atoms with Crippen molar-refractivity contribution in [3.63, 3.8) is 0 Å². The van der Waals surface area contributed by atoms with Gasteiger partial charge in [-0.3, -0.25) is 9.59 Å². The standard InChI is InChI=1S/C19H15NO6S/c1-25-15-5-3-2-4-14(15)20-18(23)16(27-19(20)24)10-12-6-8-13(9-7-12)26-11-17(21)22/h2-10H,11H2,1H3,(H,21,22)/b16-10+. The van der Waals surface area contributed by atoms with Gasteiger partial charge in [0.05, 0.1) is 17.7 Å². The SMILES string of the molecule is COc1ccccc1N1C(=O)S/C(=C/c2ccc(OCC(=O)O)cc2)C1=O. The summed E-state index contributed by atoms with van der Waals surface area (Å²) < 4.78 is 10.3. The van der Waals surface area contributed by atoms with E-state index in [9.17, 15) is 14.4 Å². The van der Waals surface area contributed by atoms with E-state index >= 15 is 0 Å². The van der Waals surface area contributed by atoms with Crippen LogP contribution in [-0.4, -0.2) is 35.9 Å². The maximum Gasteiger partial charge on any atom is 0.341 e. The number of para-hydroxylation sites is 2. The van der Waals surface area contributed by atoms with Crippen molar-refractivity contribution in [3.05, 3.63) is 59.0 Å². The first kappa shape index (κ1) is 18.5. The summed E-state index contributed by atoms with van der Waals surface area (Å²) in [6, 6.07) is 13.3. The Morgan fingerprint density at radius 1 is 1.15 bits per heavy atom. The number of carbonyl (C=O) groups is 3. The van der Waals surface area contributed by atoms with Crippen LogP contribution in [0.4, 0.5) is 10.5 Å². The summed E-state index contributed by atoms with van der Waals surface area (Å²) in [5.41, 5.74) is 1.08. The van der Waals surface area contributed by atoms with Crippen LogP contribution in [0.1, 0.15) is 5.56 Å². The van der Waals surface area contributed by atoms with Crippen molar-refractivity contribution in [3.8, 4) is 11.5 Å². The second-order valence-corrected chi connectivity index (χ2v) is 6.43. The van der Waals surface area contributed by atoms with E-state index in [4.69, 9.17) is 14.6 Å². The van der Waals surface area contributed by atoms with Gasteiger partial charge >= 0.3 is 5.97 Å². The molecule has 1 N–H and O–H groups in total. The number of benzene rings is 2. The number of imide groups is 1. The Labute approximate surface area is 159 Å². The molecule has 3 rings (SSSR count). The van der Waals surface area contributed by atoms with Gasteiger partial charge in [-0.15, -0.1) is 0 Å². The van der Waals surface area contributed by atoms with Crippen LogP contribution in [0.15, 0.2) is 53.4 Å². The molecule has 1 saturated heterocycles. The van der Waals surface area contributed by atoms with E-state index in [0.717, 1.165) is 16.7 Å². The molecule has 0 bridgehead atoms. The van der Waals surface area contributed by atoms with Gasteiger partial charge in [-0.1, -0.05) is 24.3 Å². The Morgan fingerprint density at radius 2 is 1.85 bits per heavy atom. The van der Waals surface area contributed by atoms with E-state index in [1.54, 1.807) is 54.6 Å². The number of nitrogens with zero attached hydrogens (tertiary/aromatic N) is 1. The zero-order valence-corrected chi connectivity index (χ0v) is 15.1. The molecule has 1 heterocycles. The molecule has 27 heavy (non-hydrogen) atoms. The molecule has 2 aromatic carbocycles. The first-order valence-electron chi connectivity index (χ1n) is 7.85. The van der Waals surface area contributed by atoms with Gasteiger partial charge in [0, 0.05) is 0 Å². The van der Waals surface area contributed by atoms with Crippen molar-refractivity contribution >= 4 is 40.6 Å². The number of methoxy groups -OCH3 is 1. The lowest BCUT2D eigenvalue weighted by Crippen LogP contribution is -2.28. The highest BCUT2D eigenvalue weighted by atomic mass is 32.2. The maximum atomic E-state index is 12.7. The van der Waals surface area contributed by atoms with Crippen LogP contribution in [0, 0.1) is 0 Å². The number of anilines is 1. The molecule has 7 nitrogen and oxygen atoms in total. The molecule has 1 aliphatic rings. The zero-order valence-electron chi connectivity index (χ0n) is 14.2. The molecular weight excluding hydrogens is 370 g/mol. The number of thioether (sulfide) groups is 1. The Morgan fingerprint density at radius 3 is 2.52 bits per heavy atom. The number of hydrogen-bond donors (Lipinski definition) is 1. The quantitative estimate of drug-likeness (QED) is 0.762. The average Bonchev–Trinajstić information content (AvgIpc) is 2.94. The minimum atomic E-state index is -1.07. The van der Waals surface area contributed by atoms with Crippen LogP contribution in [-0.2, 0) is 9.59 Å². The number of amides is 2. The van der Waals surface area contributed by atoms with Crippen LogP contribution in [0.2, 0.25) is 0 Å². The van der Waals surface area contributed by atoms with Gasteiger partial charge in [-0.05, 0) is 47.7 Å². The summed E-state index contributed by atoms with van der Waals surface area (Å²) in [7, 11) is 1.47. The number of carboxylic acid groups (broad SMARTS) is 1. The third kappa shape index (κ3) is 4.12. The molecule has 0 radical (unpaired) electrons. The van der Waals surface area contributed by atoms with Crippen molar-refractivity contribution in [1.82, 2.24) is 0 Å². The molecule has 0 spiro atoms. The van der Waals surface area contributed by atoms with E-state index < -0.39 is 23.7 Å². The minimum absolute atomic E-state index is 0.283. The topological polar surface area (TPSA) is 93.1 Å². The molecule has 2 amide bonds. The Kier molecular flexibility index (Phi) is 5.46. The molecule has 1 fully saturated rings. The van der Waals surface area contributed by atoms with Gasteiger partial charge in [0.25, 0.3) is 11.1 Å². The van der Waals surface area contributed by atoms with Crippen molar-refractivity contribution in [1.29, 1.82) is 0 Å². The van der Waals surface area contributed by atoms with Gasteiger partial charge in [0.1, 0.15) is 11.5 Å². The van der Waals surface area contributed by atoms with Crippen LogP contribution in [0.5, 0.6) is 11.5 Å². The molecule has 0 atom stereocenters.